The zero-order valence-electron chi connectivity index (χ0n) is 18.3. The van der Waals surface area contributed by atoms with Crippen molar-refractivity contribution in [3.63, 3.8) is 0 Å². The Labute approximate surface area is 193 Å². The van der Waals surface area contributed by atoms with Crippen LogP contribution in [0.3, 0.4) is 0 Å². The Kier molecular flexibility index (Phi) is 6.65. The van der Waals surface area contributed by atoms with Crippen molar-refractivity contribution in [1.29, 1.82) is 0 Å². The highest BCUT2D eigenvalue weighted by molar-refractivity contribution is 7.92. The van der Waals surface area contributed by atoms with Crippen molar-refractivity contribution in [1.82, 2.24) is 0 Å². The summed E-state index contributed by atoms with van der Waals surface area (Å²) in [5.41, 5.74) is 2.62. The van der Waals surface area contributed by atoms with Gasteiger partial charge in [-0.2, -0.15) is 0 Å². The van der Waals surface area contributed by atoms with Gasteiger partial charge in [-0.1, -0.05) is 29.8 Å². The summed E-state index contributed by atoms with van der Waals surface area (Å²) in [6.45, 7) is 3.12. The SMILES string of the molecule is Cc1ccc(NS(=O)(=O)c2ccc(NC(=O)C3CCN(c4ccccc4F)CC3)cc2)cc1. The number of amides is 1. The summed E-state index contributed by atoms with van der Waals surface area (Å²) < 4.78 is 41.8. The lowest BCUT2D eigenvalue weighted by atomic mass is 9.95. The molecule has 0 unspecified atom stereocenters. The molecule has 0 spiro atoms. The zero-order valence-corrected chi connectivity index (χ0v) is 19.1. The van der Waals surface area contributed by atoms with Crippen LogP contribution in [-0.2, 0) is 14.8 Å². The fourth-order valence-corrected chi connectivity index (χ4v) is 4.95. The first kappa shape index (κ1) is 22.8. The molecule has 3 aromatic carbocycles. The zero-order chi connectivity index (χ0) is 23.4. The first-order chi connectivity index (χ1) is 15.8. The van der Waals surface area contributed by atoms with Crippen molar-refractivity contribution >= 4 is 33.0 Å². The maximum atomic E-state index is 14.0. The number of rotatable bonds is 6. The van der Waals surface area contributed by atoms with Gasteiger partial charge in [0.1, 0.15) is 5.82 Å². The molecule has 1 fully saturated rings. The first-order valence-corrected chi connectivity index (χ1v) is 12.3. The molecule has 33 heavy (non-hydrogen) atoms. The van der Waals surface area contributed by atoms with Crippen molar-refractivity contribution in [3.05, 3.63) is 84.2 Å². The van der Waals surface area contributed by atoms with Crippen molar-refractivity contribution in [3.8, 4) is 0 Å². The average molecular weight is 468 g/mol. The van der Waals surface area contributed by atoms with Crippen LogP contribution in [0.15, 0.2) is 77.7 Å². The number of hydrogen-bond donors (Lipinski definition) is 2. The van der Waals surface area contributed by atoms with E-state index in [2.05, 4.69) is 10.0 Å². The molecule has 0 saturated carbocycles. The topological polar surface area (TPSA) is 78.5 Å². The highest BCUT2D eigenvalue weighted by Gasteiger charge is 2.26. The quantitative estimate of drug-likeness (QED) is 0.546. The second kappa shape index (κ2) is 9.62. The molecule has 1 saturated heterocycles. The van der Waals surface area contributed by atoms with Crippen molar-refractivity contribution < 1.29 is 17.6 Å². The number of sulfonamides is 1. The molecule has 1 heterocycles. The van der Waals surface area contributed by atoms with E-state index in [1.54, 1.807) is 42.5 Å². The molecule has 0 bridgehead atoms. The number of nitrogens with one attached hydrogen (secondary N) is 2. The number of carbonyl (C=O) groups is 1. The van der Waals surface area contributed by atoms with E-state index in [0.29, 0.717) is 43.0 Å². The number of benzene rings is 3. The van der Waals surface area contributed by atoms with Crippen LogP contribution in [-0.4, -0.2) is 27.4 Å². The highest BCUT2D eigenvalue weighted by Crippen LogP contribution is 2.26. The van der Waals surface area contributed by atoms with E-state index in [-0.39, 0.29) is 22.5 Å². The number of anilines is 3. The number of hydrogen-bond acceptors (Lipinski definition) is 4. The van der Waals surface area contributed by atoms with E-state index in [1.165, 1.54) is 18.2 Å². The molecule has 1 amide bonds. The molecule has 172 valence electrons. The van der Waals surface area contributed by atoms with Crippen LogP contribution in [0.4, 0.5) is 21.5 Å². The van der Waals surface area contributed by atoms with E-state index >= 15 is 0 Å². The molecule has 0 aromatic heterocycles. The molecule has 4 rings (SSSR count). The summed E-state index contributed by atoms with van der Waals surface area (Å²) in [7, 11) is -3.73. The van der Waals surface area contributed by atoms with Crippen LogP contribution < -0.4 is 14.9 Å². The van der Waals surface area contributed by atoms with Crippen LogP contribution in [0.5, 0.6) is 0 Å². The lowest BCUT2D eigenvalue weighted by Crippen LogP contribution is -2.38. The summed E-state index contributed by atoms with van der Waals surface area (Å²) in [5.74, 6) is -0.552. The van der Waals surface area contributed by atoms with Gasteiger partial charge in [0.2, 0.25) is 5.91 Å². The van der Waals surface area contributed by atoms with Gasteiger partial charge in [0, 0.05) is 30.4 Å². The molecular weight excluding hydrogens is 441 g/mol. The second-order valence-corrected chi connectivity index (χ2v) is 9.88. The molecule has 8 heteroatoms. The Hall–Kier alpha value is -3.39. The van der Waals surface area contributed by atoms with Crippen molar-refractivity contribution in [2.75, 3.05) is 28.0 Å². The van der Waals surface area contributed by atoms with E-state index in [9.17, 15) is 17.6 Å². The monoisotopic (exact) mass is 467 g/mol. The van der Waals surface area contributed by atoms with Gasteiger partial charge in [0.05, 0.1) is 10.6 Å². The van der Waals surface area contributed by atoms with Gasteiger partial charge < -0.3 is 10.2 Å². The Morgan fingerprint density at radius 2 is 1.52 bits per heavy atom. The Morgan fingerprint density at radius 3 is 2.15 bits per heavy atom. The third-order valence-electron chi connectivity index (χ3n) is 5.79. The lowest BCUT2D eigenvalue weighted by Gasteiger charge is -2.33. The van der Waals surface area contributed by atoms with Crippen LogP contribution in [0.1, 0.15) is 18.4 Å². The Morgan fingerprint density at radius 1 is 0.909 bits per heavy atom. The summed E-state index contributed by atoms with van der Waals surface area (Å²) in [6.07, 6.45) is 1.24. The predicted octanol–water partition coefficient (Wildman–Crippen LogP) is 4.79. The highest BCUT2D eigenvalue weighted by atomic mass is 32.2. The molecule has 0 aliphatic carbocycles. The van der Waals surface area contributed by atoms with Gasteiger partial charge >= 0.3 is 0 Å². The number of carbonyl (C=O) groups excluding carboxylic acids is 1. The summed E-state index contributed by atoms with van der Waals surface area (Å²) in [4.78, 5) is 14.8. The molecule has 3 aromatic rings. The van der Waals surface area contributed by atoms with Crippen LogP contribution >= 0.6 is 0 Å². The minimum atomic E-state index is -3.73. The largest absolute Gasteiger partial charge is 0.369 e. The first-order valence-electron chi connectivity index (χ1n) is 10.8. The minimum Gasteiger partial charge on any atom is -0.369 e. The molecule has 0 radical (unpaired) electrons. The van der Waals surface area contributed by atoms with E-state index in [0.717, 1.165) is 5.56 Å². The Bertz CT molecular complexity index is 1220. The van der Waals surface area contributed by atoms with E-state index in [1.807, 2.05) is 24.0 Å². The van der Waals surface area contributed by atoms with E-state index < -0.39 is 10.0 Å². The average Bonchev–Trinajstić information content (AvgIpc) is 2.81. The number of aryl methyl sites for hydroxylation is 1. The van der Waals surface area contributed by atoms with E-state index in [4.69, 9.17) is 0 Å². The van der Waals surface area contributed by atoms with Crippen molar-refractivity contribution in [2.24, 2.45) is 5.92 Å². The Balaban J connectivity index is 1.34. The molecule has 1 aliphatic heterocycles. The van der Waals surface area contributed by atoms with Crippen LogP contribution in [0.25, 0.3) is 0 Å². The third kappa shape index (κ3) is 5.51. The van der Waals surface area contributed by atoms with Crippen molar-refractivity contribution in [2.45, 2.75) is 24.7 Å². The fourth-order valence-electron chi connectivity index (χ4n) is 3.89. The van der Waals surface area contributed by atoms with Gasteiger partial charge in [-0.3, -0.25) is 9.52 Å². The lowest BCUT2D eigenvalue weighted by molar-refractivity contribution is -0.120. The molecule has 2 N–H and O–H groups in total. The maximum absolute atomic E-state index is 14.0. The predicted molar refractivity (Wildman–Crippen MR) is 128 cm³/mol. The fraction of sp³-hybridized carbons (Fsp3) is 0.240. The second-order valence-electron chi connectivity index (χ2n) is 8.20. The number of para-hydroxylation sites is 1. The van der Waals surface area contributed by atoms with Gasteiger partial charge in [0.25, 0.3) is 10.0 Å². The smallest absolute Gasteiger partial charge is 0.261 e. The number of piperidine rings is 1. The molecular formula is C25H26FN3O3S. The van der Waals surface area contributed by atoms with Crippen LogP contribution in [0, 0.1) is 18.7 Å². The minimum absolute atomic E-state index is 0.110. The van der Waals surface area contributed by atoms with Crippen LogP contribution in [0.2, 0.25) is 0 Å². The van der Waals surface area contributed by atoms with Gasteiger partial charge in [-0.05, 0) is 68.3 Å². The maximum Gasteiger partial charge on any atom is 0.261 e. The number of halogens is 1. The summed E-state index contributed by atoms with van der Waals surface area (Å²) in [5, 5.41) is 2.87. The summed E-state index contributed by atoms with van der Waals surface area (Å²) >= 11 is 0. The molecule has 6 nitrogen and oxygen atoms in total. The standard InChI is InChI=1S/C25H26FN3O3S/c1-18-6-8-21(9-7-18)28-33(31,32)22-12-10-20(11-13-22)27-25(30)19-14-16-29(17-15-19)24-5-3-2-4-23(24)26/h2-13,19,28H,14-17H2,1H3,(H,27,30). The van der Waals surface area contributed by atoms with Gasteiger partial charge in [0.15, 0.2) is 0 Å². The molecule has 1 aliphatic rings. The van der Waals surface area contributed by atoms with Gasteiger partial charge in [-0.15, -0.1) is 0 Å². The molecule has 0 atom stereocenters. The number of nitrogens with zero attached hydrogens (tertiary/aromatic N) is 1. The normalized spacial score (nSPS) is 14.7. The van der Waals surface area contributed by atoms with Gasteiger partial charge in [-0.25, -0.2) is 12.8 Å². The summed E-state index contributed by atoms with van der Waals surface area (Å²) in [6, 6.07) is 19.8. The third-order valence-corrected chi connectivity index (χ3v) is 7.19.